The van der Waals surface area contributed by atoms with Crippen LogP contribution in [0.4, 0.5) is 4.39 Å². The summed E-state index contributed by atoms with van der Waals surface area (Å²) in [5.74, 6) is 0.932. The average Bonchev–Trinajstić information content (AvgIpc) is 2.83. The summed E-state index contributed by atoms with van der Waals surface area (Å²) in [5.41, 5.74) is 1.93. The highest BCUT2D eigenvalue weighted by Crippen LogP contribution is 2.24. The van der Waals surface area contributed by atoms with Crippen molar-refractivity contribution in [3.63, 3.8) is 0 Å². The number of ether oxygens (including phenoxy) is 1. The van der Waals surface area contributed by atoms with Gasteiger partial charge in [0.05, 0.1) is 17.1 Å². The van der Waals surface area contributed by atoms with Crippen LogP contribution in [-0.4, -0.2) is 15.9 Å². The van der Waals surface area contributed by atoms with E-state index in [1.165, 1.54) is 16.8 Å². The molecule has 3 aromatic carbocycles. The molecule has 0 saturated carbocycles. The number of aromatic nitrogens is 2. The first-order chi connectivity index (χ1) is 16.4. The fourth-order valence-electron chi connectivity index (χ4n) is 3.39. The van der Waals surface area contributed by atoms with Gasteiger partial charge in [-0.05, 0) is 60.5 Å². The summed E-state index contributed by atoms with van der Waals surface area (Å²) < 4.78 is 22.2. The molecule has 0 radical (unpaired) electrons. The minimum Gasteiger partial charge on any atom is -0.488 e. The maximum absolute atomic E-state index is 13.4. The monoisotopic (exact) mass is 585 g/mol. The predicted octanol–water partition coefficient (Wildman–Crippen LogP) is 7.04. The molecule has 34 heavy (non-hydrogen) atoms. The van der Waals surface area contributed by atoms with Crippen molar-refractivity contribution >= 4 is 49.0 Å². The van der Waals surface area contributed by atoms with Gasteiger partial charge in [-0.25, -0.2) is 9.37 Å². The van der Waals surface area contributed by atoms with Crippen molar-refractivity contribution in [2.24, 2.45) is 5.10 Å². The van der Waals surface area contributed by atoms with Gasteiger partial charge in [-0.2, -0.15) is 9.78 Å². The second kappa shape index (κ2) is 10.6. The zero-order valence-electron chi connectivity index (χ0n) is 18.6. The molecule has 0 aliphatic rings. The molecule has 0 saturated heterocycles. The highest BCUT2D eigenvalue weighted by molar-refractivity contribution is 9.10. The molecule has 4 aromatic rings. The first kappa shape index (κ1) is 24.3. The van der Waals surface area contributed by atoms with E-state index in [-0.39, 0.29) is 23.9 Å². The van der Waals surface area contributed by atoms with Crippen molar-refractivity contribution in [1.29, 1.82) is 0 Å². The van der Waals surface area contributed by atoms with E-state index in [2.05, 4.69) is 37.0 Å². The number of benzene rings is 3. The molecule has 0 N–H and O–H groups in total. The molecule has 0 aliphatic heterocycles. The summed E-state index contributed by atoms with van der Waals surface area (Å²) in [4.78, 5) is 18.1. The van der Waals surface area contributed by atoms with Gasteiger partial charge in [0.2, 0.25) is 0 Å². The number of hydrogen-bond acceptors (Lipinski definition) is 4. The highest BCUT2D eigenvalue weighted by Gasteiger charge is 2.16. The summed E-state index contributed by atoms with van der Waals surface area (Å²) >= 11 is 6.91. The molecule has 0 unspecified atom stereocenters. The molecule has 0 bridgehead atoms. The molecular weight excluding hydrogens is 565 g/mol. The van der Waals surface area contributed by atoms with Crippen LogP contribution in [0.3, 0.4) is 0 Å². The highest BCUT2D eigenvalue weighted by atomic mass is 79.9. The standard InChI is InChI=1S/C26H22Br2FN3O2/c1-3-16(2)25-31-23-10-6-20(28)13-22(23)26(33)32(25)30-14-18-12-19(27)7-11-24(18)34-15-17-4-8-21(29)9-5-17/h4-14,16H,3,15H2,1-2H3/t16-/m1/s1. The largest absolute Gasteiger partial charge is 0.488 e. The van der Waals surface area contributed by atoms with Crippen molar-refractivity contribution in [3.05, 3.63) is 103 Å². The Morgan fingerprint density at radius 2 is 1.79 bits per heavy atom. The van der Waals surface area contributed by atoms with Crippen molar-refractivity contribution in [2.75, 3.05) is 0 Å². The predicted molar refractivity (Wildman–Crippen MR) is 140 cm³/mol. The van der Waals surface area contributed by atoms with E-state index in [4.69, 9.17) is 9.72 Å². The lowest BCUT2D eigenvalue weighted by Crippen LogP contribution is -2.23. The minimum atomic E-state index is -0.293. The zero-order valence-corrected chi connectivity index (χ0v) is 21.8. The smallest absolute Gasteiger partial charge is 0.282 e. The maximum Gasteiger partial charge on any atom is 0.282 e. The first-order valence-corrected chi connectivity index (χ1v) is 12.4. The van der Waals surface area contributed by atoms with Gasteiger partial charge in [0.15, 0.2) is 0 Å². The lowest BCUT2D eigenvalue weighted by molar-refractivity contribution is 0.305. The quantitative estimate of drug-likeness (QED) is 0.218. The summed E-state index contributed by atoms with van der Waals surface area (Å²) in [5, 5.41) is 5.03. The summed E-state index contributed by atoms with van der Waals surface area (Å²) in [6, 6.07) is 17.2. The van der Waals surface area contributed by atoms with Crippen LogP contribution in [0.2, 0.25) is 0 Å². The Hall–Kier alpha value is -2.84. The fraction of sp³-hybridized carbons (Fsp3) is 0.192. The van der Waals surface area contributed by atoms with E-state index in [0.29, 0.717) is 28.0 Å². The van der Waals surface area contributed by atoms with Crippen LogP contribution in [0, 0.1) is 5.82 Å². The Labute approximate surface area is 213 Å². The number of rotatable bonds is 7. The third-order valence-electron chi connectivity index (χ3n) is 5.48. The fourth-order valence-corrected chi connectivity index (χ4v) is 4.13. The minimum absolute atomic E-state index is 0.0367. The van der Waals surface area contributed by atoms with E-state index in [1.807, 2.05) is 44.2 Å². The van der Waals surface area contributed by atoms with Crippen LogP contribution in [0.5, 0.6) is 5.75 Å². The second-order valence-corrected chi connectivity index (χ2v) is 9.73. The first-order valence-electron chi connectivity index (χ1n) is 10.8. The van der Waals surface area contributed by atoms with Crippen molar-refractivity contribution in [1.82, 2.24) is 9.66 Å². The van der Waals surface area contributed by atoms with Gasteiger partial charge in [0, 0.05) is 20.4 Å². The van der Waals surface area contributed by atoms with Crippen LogP contribution < -0.4 is 10.3 Å². The van der Waals surface area contributed by atoms with Gasteiger partial charge in [0.1, 0.15) is 24.0 Å². The van der Waals surface area contributed by atoms with Gasteiger partial charge in [0.25, 0.3) is 5.56 Å². The van der Waals surface area contributed by atoms with Crippen molar-refractivity contribution in [3.8, 4) is 5.75 Å². The van der Waals surface area contributed by atoms with E-state index in [0.717, 1.165) is 20.9 Å². The normalized spacial score (nSPS) is 12.4. The molecule has 8 heteroatoms. The molecule has 1 aromatic heterocycles. The van der Waals surface area contributed by atoms with Crippen molar-refractivity contribution in [2.45, 2.75) is 32.8 Å². The molecule has 174 valence electrons. The van der Waals surface area contributed by atoms with Gasteiger partial charge in [-0.15, -0.1) is 0 Å². The van der Waals surface area contributed by atoms with E-state index in [1.54, 1.807) is 24.4 Å². The Kier molecular flexibility index (Phi) is 7.58. The Morgan fingerprint density at radius 1 is 1.09 bits per heavy atom. The average molecular weight is 587 g/mol. The van der Waals surface area contributed by atoms with Crippen LogP contribution in [0.1, 0.15) is 43.1 Å². The molecule has 0 fully saturated rings. The topological polar surface area (TPSA) is 56.5 Å². The molecule has 5 nitrogen and oxygen atoms in total. The lowest BCUT2D eigenvalue weighted by Gasteiger charge is -2.14. The van der Waals surface area contributed by atoms with Crippen LogP contribution in [-0.2, 0) is 6.61 Å². The van der Waals surface area contributed by atoms with Gasteiger partial charge in [-0.3, -0.25) is 4.79 Å². The molecular formula is C26H22Br2FN3O2. The van der Waals surface area contributed by atoms with Crippen LogP contribution in [0.25, 0.3) is 10.9 Å². The summed E-state index contributed by atoms with van der Waals surface area (Å²) in [7, 11) is 0. The third-order valence-corrected chi connectivity index (χ3v) is 6.46. The zero-order chi connectivity index (χ0) is 24.2. The second-order valence-electron chi connectivity index (χ2n) is 7.90. The maximum atomic E-state index is 13.4. The number of nitrogens with zero attached hydrogens (tertiary/aromatic N) is 3. The van der Waals surface area contributed by atoms with Gasteiger partial charge in [-0.1, -0.05) is 57.8 Å². The van der Waals surface area contributed by atoms with Crippen molar-refractivity contribution < 1.29 is 9.13 Å². The summed E-state index contributed by atoms with van der Waals surface area (Å²) in [6.45, 7) is 4.34. The molecule has 1 atom stereocenters. The molecule has 1 heterocycles. The third kappa shape index (κ3) is 5.45. The van der Waals surface area contributed by atoms with Gasteiger partial charge >= 0.3 is 0 Å². The van der Waals surface area contributed by atoms with E-state index < -0.39 is 0 Å². The number of hydrogen-bond donors (Lipinski definition) is 0. The van der Waals surface area contributed by atoms with Gasteiger partial charge < -0.3 is 4.74 Å². The number of fused-ring (bicyclic) bond motifs is 1. The Bertz CT molecular complexity index is 1420. The molecule has 0 spiro atoms. The Morgan fingerprint density at radius 3 is 2.53 bits per heavy atom. The molecule has 0 amide bonds. The van der Waals surface area contributed by atoms with E-state index >= 15 is 0 Å². The molecule has 0 aliphatic carbocycles. The van der Waals surface area contributed by atoms with E-state index in [9.17, 15) is 9.18 Å². The lowest BCUT2D eigenvalue weighted by atomic mass is 10.1. The van der Waals surface area contributed by atoms with Crippen LogP contribution in [0.15, 0.2) is 79.5 Å². The SMILES string of the molecule is CC[C@@H](C)c1nc2ccc(Br)cc2c(=O)n1N=Cc1cc(Br)ccc1OCc1ccc(F)cc1. The number of halogens is 3. The molecule has 4 rings (SSSR count). The Balaban J connectivity index is 1.73. The van der Waals surface area contributed by atoms with Crippen LogP contribution >= 0.6 is 31.9 Å². The summed E-state index contributed by atoms with van der Waals surface area (Å²) in [6.07, 6.45) is 2.41.